The molecular weight excluding hydrogens is 873 g/mol. The topological polar surface area (TPSA) is 30.5 Å². The van der Waals surface area contributed by atoms with Gasteiger partial charge in [-0.2, -0.15) is 0 Å². The van der Waals surface area contributed by atoms with Crippen LogP contribution in [0, 0.1) is 82.9 Å². The number of unbranched alkanes of at least 4 members (excludes halogenated alkanes) is 10. The van der Waals surface area contributed by atoms with Gasteiger partial charge >= 0.3 is 0 Å². The molecule has 10 unspecified atom stereocenters. The lowest BCUT2D eigenvalue weighted by Gasteiger charge is -2.68. The number of rotatable bonds is 22. The molecule has 0 amide bonds. The van der Waals surface area contributed by atoms with Gasteiger partial charge in [0.25, 0.3) is 0 Å². The van der Waals surface area contributed by atoms with Gasteiger partial charge in [0.2, 0.25) is 0 Å². The van der Waals surface area contributed by atoms with Crippen LogP contribution in [0.4, 0.5) is 0 Å². The van der Waals surface area contributed by atoms with Crippen LogP contribution in [0.2, 0.25) is 0 Å². The Balaban J connectivity index is 0.948. The highest BCUT2D eigenvalue weighted by molar-refractivity contribution is 5.14. The Labute approximate surface area is 448 Å². The van der Waals surface area contributed by atoms with Crippen LogP contribution in [0.1, 0.15) is 285 Å². The summed E-state index contributed by atoms with van der Waals surface area (Å²) >= 11 is 0. The number of nitrogens with one attached hydrogen (secondary N) is 2. The molecular formula is C68H122N4. The third kappa shape index (κ3) is 13.3. The maximum absolute atomic E-state index is 3.90. The molecule has 72 heavy (non-hydrogen) atoms. The smallest absolute Gasteiger partial charge is 0.0135 e. The predicted molar refractivity (Wildman–Crippen MR) is 308 cm³/mol. The number of hydrogen-bond donors (Lipinski definition) is 2. The van der Waals surface area contributed by atoms with Crippen LogP contribution < -0.4 is 10.6 Å². The summed E-state index contributed by atoms with van der Waals surface area (Å²) in [6.45, 7) is 15.1. The van der Waals surface area contributed by atoms with Crippen LogP contribution in [-0.2, 0) is 0 Å². The van der Waals surface area contributed by atoms with Crippen molar-refractivity contribution in [1.82, 2.24) is 20.4 Å². The van der Waals surface area contributed by atoms with E-state index in [0.717, 1.165) is 119 Å². The monoisotopic (exact) mass is 995 g/mol. The normalized spacial score (nSPS) is 42.4. The summed E-state index contributed by atoms with van der Waals surface area (Å²) in [4.78, 5) is 7.07. The van der Waals surface area contributed by atoms with Crippen LogP contribution in [0.5, 0.6) is 0 Å². The lowest BCUT2D eigenvalue weighted by atomic mass is 9.41. The molecule has 4 heteroatoms. The minimum Gasteiger partial charge on any atom is -0.317 e. The van der Waals surface area contributed by atoms with E-state index in [9.17, 15) is 0 Å². The van der Waals surface area contributed by atoms with Crippen LogP contribution in [0.15, 0.2) is 0 Å². The fourth-order valence-corrected chi connectivity index (χ4v) is 21.4. The van der Waals surface area contributed by atoms with Crippen molar-refractivity contribution in [3.05, 3.63) is 0 Å². The lowest BCUT2D eigenvalue weighted by molar-refractivity contribution is -0.189. The van der Waals surface area contributed by atoms with Crippen molar-refractivity contribution in [1.29, 1.82) is 0 Å². The molecule has 414 valence electrons. The molecule has 2 saturated heterocycles. The molecule has 10 fully saturated rings. The van der Waals surface area contributed by atoms with E-state index in [1.54, 1.807) is 64.2 Å². The van der Waals surface area contributed by atoms with Crippen molar-refractivity contribution in [2.75, 3.05) is 26.2 Å². The zero-order chi connectivity index (χ0) is 49.2. The van der Waals surface area contributed by atoms with Crippen molar-refractivity contribution in [3.63, 3.8) is 0 Å². The first-order valence-electron chi connectivity index (χ1n) is 34.4. The van der Waals surface area contributed by atoms with E-state index in [4.69, 9.17) is 0 Å². The summed E-state index contributed by atoms with van der Waals surface area (Å²) in [5, 5.41) is 7.79. The van der Waals surface area contributed by atoms with Gasteiger partial charge in [-0.25, -0.2) is 0 Å². The van der Waals surface area contributed by atoms with E-state index in [1.807, 2.05) is 0 Å². The van der Waals surface area contributed by atoms with Gasteiger partial charge in [0.1, 0.15) is 0 Å². The Kier molecular flexibility index (Phi) is 21.2. The minimum atomic E-state index is 0.871. The quantitative estimate of drug-likeness (QED) is 0.106. The SMILES string of the molecule is CCCCCCCCC1CCC(N(C2CCC(C)CC2)C2CC(C3CCNCC3)C3CCC4C5C(CCC2C35)C(C2CCNCC2)CC4N(C2CCC(C)CC2)C2CCC(CCCCCCCC)CC2)CC1. The first-order valence-corrected chi connectivity index (χ1v) is 34.4. The van der Waals surface area contributed by atoms with Gasteiger partial charge in [-0.05, 0) is 276 Å². The summed E-state index contributed by atoms with van der Waals surface area (Å²) in [6, 6.07) is 5.24. The van der Waals surface area contributed by atoms with Crippen LogP contribution in [-0.4, -0.2) is 72.2 Å². The molecule has 4 nitrogen and oxygen atoms in total. The van der Waals surface area contributed by atoms with Gasteiger partial charge < -0.3 is 10.6 Å². The highest BCUT2D eigenvalue weighted by atomic mass is 15.2. The maximum atomic E-state index is 3.90. The van der Waals surface area contributed by atoms with Crippen molar-refractivity contribution < 1.29 is 0 Å². The molecule has 10 rings (SSSR count). The van der Waals surface area contributed by atoms with Crippen molar-refractivity contribution in [3.8, 4) is 0 Å². The zero-order valence-electron chi connectivity index (χ0n) is 48.6. The minimum absolute atomic E-state index is 0.871. The van der Waals surface area contributed by atoms with Gasteiger partial charge in [0, 0.05) is 36.3 Å². The lowest BCUT2D eigenvalue weighted by Crippen LogP contribution is -2.67. The molecule has 10 atom stereocenters. The average Bonchev–Trinajstić information content (AvgIpc) is 3.42. The van der Waals surface area contributed by atoms with E-state index in [-0.39, 0.29) is 0 Å². The molecule has 0 spiro atoms. The second-order valence-electron chi connectivity index (χ2n) is 29.3. The van der Waals surface area contributed by atoms with Gasteiger partial charge in [-0.3, -0.25) is 9.80 Å². The molecule has 2 heterocycles. The predicted octanol–water partition coefficient (Wildman–Crippen LogP) is 17.4. The van der Waals surface area contributed by atoms with Crippen LogP contribution in [0.25, 0.3) is 0 Å². The standard InChI is InChI=1S/C68H122N4/c1-5-7-9-11-13-15-17-51-23-31-57(32-24-51)71(55-27-19-49(3)20-28-55)65-47-63(53-39-43-69-44-40-53)59-36-38-62-66(48-64(54-41-45-70-46-42-54)60-35-37-61(65)67(59)68(60)62)72(56-29-21-50(4)22-30-56)58-33-25-52(26-34-58)18-16-14-12-10-8-6-2/h49-70H,5-48H2,1-4H3. The Bertz CT molecular complexity index is 1390. The summed E-state index contributed by atoms with van der Waals surface area (Å²) in [6.07, 6.45) is 60.5. The van der Waals surface area contributed by atoms with Crippen molar-refractivity contribution in [2.45, 2.75) is 321 Å². The summed E-state index contributed by atoms with van der Waals surface area (Å²) in [7, 11) is 0. The van der Waals surface area contributed by atoms with E-state index in [1.165, 1.54) is 219 Å². The number of nitrogens with zero attached hydrogens (tertiary/aromatic N) is 2. The summed E-state index contributed by atoms with van der Waals surface area (Å²) < 4.78 is 0. The summed E-state index contributed by atoms with van der Waals surface area (Å²) in [5.41, 5.74) is 0. The first kappa shape index (κ1) is 55.2. The second-order valence-corrected chi connectivity index (χ2v) is 29.3. The van der Waals surface area contributed by atoms with Gasteiger partial charge in [-0.15, -0.1) is 0 Å². The highest BCUT2D eigenvalue weighted by Gasteiger charge is 2.63. The molecule has 8 aliphatic carbocycles. The largest absolute Gasteiger partial charge is 0.317 e. The highest BCUT2D eigenvalue weighted by Crippen LogP contribution is 2.66. The molecule has 0 aromatic carbocycles. The molecule has 0 aromatic heterocycles. The Morgan fingerprint density at radius 2 is 0.639 bits per heavy atom. The fraction of sp³-hybridized carbons (Fsp3) is 1.00. The second kappa shape index (κ2) is 27.6. The van der Waals surface area contributed by atoms with E-state index in [2.05, 4.69) is 48.1 Å². The van der Waals surface area contributed by atoms with Crippen molar-refractivity contribution in [2.24, 2.45) is 82.9 Å². The average molecular weight is 996 g/mol. The molecule has 0 bridgehead atoms. The van der Waals surface area contributed by atoms with Crippen molar-refractivity contribution >= 4 is 0 Å². The Morgan fingerprint density at radius 3 is 1.00 bits per heavy atom. The van der Waals surface area contributed by atoms with Gasteiger partial charge in [-0.1, -0.05) is 118 Å². The molecule has 2 aliphatic heterocycles. The number of piperidine rings is 2. The van der Waals surface area contributed by atoms with Gasteiger partial charge in [0.05, 0.1) is 0 Å². The van der Waals surface area contributed by atoms with E-state index >= 15 is 0 Å². The fourth-order valence-electron chi connectivity index (χ4n) is 21.4. The summed E-state index contributed by atoms with van der Waals surface area (Å²) in [5.74, 6) is 13.9. The molecule has 10 aliphatic rings. The van der Waals surface area contributed by atoms with Crippen LogP contribution >= 0.6 is 0 Å². The molecule has 8 saturated carbocycles. The Morgan fingerprint density at radius 1 is 0.319 bits per heavy atom. The molecule has 0 radical (unpaired) electrons. The van der Waals surface area contributed by atoms with Gasteiger partial charge in [0.15, 0.2) is 0 Å². The Hall–Kier alpha value is -0.160. The molecule has 0 aromatic rings. The van der Waals surface area contributed by atoms with Crippen LogP contribution in [0.3, 0.4) is 0 Å². The first-order chi connectivity index (χ1) is 35.5. The maximum Gasteiger partial charge on any atom is 0.0135 e. The zero-order valence-corrected chi connectivity index (χ0v) is 48.6. The third-order valence-electron chi connectivity index (χ3n) is 25.2. The van der Waals surface area contributed by atoms with E-state index in [0.29, 0.717) is 0 Å². The third-order valence-corrected chi connectivity index (χ3v) is 25.2. The molecule has 2 N–H and O–H groups in total. The number of hydrogen-bond acceptors (Lipinski definition) is 4. The van der Waals surface area contributed by atoms with E-state index < -0.39 is 0 Å².